The molecule has 1 radical (unpaired) electrons. The molecular weight excluding hydrogens is 132 g/mol. The van der Waals surface area contributed by atoms with Gasteiger partial charge in [-0.1, -0.05) is 13.3 Å². The molecule has 0 saturated carbocycles. The van der Waals surface area contributed by atoms with Gasteiger partial charge in [0.25, 0.3) is 0 Å². The van der Waals surface area contributed by atoms with Gasteiger partial charge in [-0.2, -0.15) is 0 Å². The molecule has 0 atom stereocenters. The first-order chi connectivity index (χ1) is 4.81. The molecule has 0 aromatic heterocycles. The fraction of sp³-hybridized carbons (Fsp3) is 0.667. The maximum absolute atomic E-state index is 10.4. The molecule has 2 N–H and O–H groups in total. The van der Waals surface area contributed by atoms with Crippen molar-refractivity contribution in [3.8, 4) is 0 Å². The Labute approximate surface area is 60.0 Å². The molecule has 3 amide bonds. The average Bonchev–Trinajstić information content (AvgIpc) is 1.89. The highest BCUT2D eigenvalue weighted by molar-refractivity contribution is 5.84. The summed E-state index contributed by atoms with van der Waals surface area (Å²) in [6.07, 6.45) is 3.22. The number of urea groups is 1. The first kappa shape index (κ1) is 8.94. The van der Waals surface area contributed by atoms with E-state index >= 15 is 0 Å². The van der Waals surface area contributed by atoms with Crippen molar-refractivity contribution in [1.82, 2.24) is 10.6 Å². The molecule has 0 aromatic rings. The van der Waals surface area contributed by atoms with E-state index in [1.807, 2.05) is 12.2 Å². The van der Waals surface area contributed by atoms with Gasteiger partial charge in [0.2, 0.25) is 0 Å². The molecule has 0 saturated heterocycles. The van der Waals surface area contributed by atoms with Crippen molar-refractivity contribution in [2.45, 2.75) is 19.8 Å². The van der Waals surface area contributed by atoms with E-state index in [-0.39, 0.29) is 0 Å². The summed E-state index contributed by atoms with van der Waals surface area (Å²) in [5.41, 5.74) is 0. The maximum atomic E-state index is 10.4. The van der Waals surface area contributed by atoms with Gasteiger partial charge < -0.3 is 5.32 Å². The van der Waals surface area contributed by atoms with Crippen LogP contribution in [-0.2, 0) is 4.79 Å². The molecule has 0 bridgehead atoms. The molecule has 0 fully saturated rings. The maximum Gasteiger partial charge on any atom is 0.321 e. The summed E-state index contributed by atoms with van der Waals surface area (Å²) in [5, 5.41) is 4.32. The van der Waals surface area contributed by atoms with Gasteiger partial charge in [-0.05, 0) is 6.42 Å². The molecule has 4 heteroatoms. The van der Waals surface area contributed by atoms with E-state index in [1.54, 1.807) is 0 Å². The average molecular weight is 143 g/mol. The zero-order chi connectivity index (χ0) is 7.82. The van der Waals surface area contributed by atoms with Crippen LogP contribution in [0.25, 0.3) is 0 Å². The van der Waals surface area contributed by atoms with Crippen LogP contribution in [0.3, 0.4) is 0 Å². The summed E-state index contributed by atoms with van der Waals surface area (Å²) < 4.78 is 0. The van der Waals surface area contributed by atoms with E-state index in [1.165, 1.54) is 6.41 Å². The second-order valence-electron chi connectivity index (χ2n) is 1.84. The summed E-state index contributed by atoms with van der Waals surface area (Å²) in [4.78, 5) is 20.0. The normalized spacial score (nSPS) is 8.50. The fourth-order valence-electron chi connectivity index (χ4n) is 0.469. The molecule has 0 aliphatic rings. The minimum Gasteiger partial charge on any atom is -0.338 e. The van der Waals surface area contributed by atoms with E-state index in [2.05, 4.69) is 5.32 Å². The van der Waals surface area contributed by atoms with Crippen LogP contribution in [0, 0.1) is 0 Å². The van der Waals surface area contributed by atoms with Gasteiger partial charge in [-0.3, -0.25) is 10.1 Å². The van der Waals surface area contributed by atoms with Gasteiger partial charge in [0.15, 0.2) is 0 Å². The van der Waals surface area contributed by atoms with Crippen LogP contribution in [0.15, 0.2) is 0 Å². The van der Waals surface area contributed by atoms with Crippen LogP contribution in [0.5, 0.6) is 0 Å². The fourth-order valence-corrected chi connectivity index (χ4v) is 0.469. The molecule has 0 spiro atoms. The third-order valence-corrected chi connectivity index (χ3v) is 0.980. The third-order valence-electron chi connectivity index (χ3n) is 0.980. The number of unbranched alkanes of at least 4 members (excludes halogenated alkanes) is 1. The van der Waals surface area contributed by atoms with E-state index in [0.29, 0.717) is 6.54 Å². The second kappa shape index (κ2) is 6.07. The largest absolute Gasteiger partial charge is 0.338 e. The second-order valence-corrected chi connectivity index (χ2v) is 1.84. The summed E-state index contributed by atoms with van der Waals surface area (Å²) in [6.45, 7) is 2.62. The molecule has 57 valence electrons. The van der Waals surface area contributed by atoms with Crippen molar-refractivity contribution in [3.05, 3.63) is 0 Å². The molecule has 10 heavy (non-hydrogen) atoms. The molecule has 0 unspecified atom stereocenters. The van der Waals surface area contributed by atoms with E-state index in [4.69, 9.17) is 0 Å². The number of amides is 3. The predicted octanol–water partition coefficient (Wildman–Crippen LogP) is 0.153. The molecular formula is C6H11N2O2. The van der Waals surface area contributed by atoms with Crippen molar-refractivity contribution >= 4 is 12.4 Å². The molecule has 0 heterocycles. The van der Waals surface area contributed by atoms with Gasteiger partial charge in [0, 0.05) is 6.54 Å². The van der Waals surface area contributed by atoms with Crippen LogP contribution in [0.1, 0.15) is 19.8 Å². The van der Waals surface area contributed by atoms with Crippen molar-refractivity contribution in [2.24, 2.45) is 0 Å². The molecule has 0 aliphatic carbocycles. The first-order valence-electron chi connectivity index (χ1n) is 3.22. The Hall–Kier alpha value is -1.06. The van der Waals surface area contributed by atoms with Crippen LogP contribution < -0.4 is 10.6 Å². The lowest BCUT2D eigenvalue weighted by Crippen LogP contribution is -2.34. The number of hydrogen-bond donors (Lipinski definition) is 2. The smallest absolute Gasteiger partial charge is 0.321 e. The Kier molecular flexibility index (Phi) is 5.42. The zero-order valence-corrected chi connectivity index (χ0v) is 5.94. The quantitative estimate of drug-likeness (QED) is 0.435. The Morgan fingerprint density at radius 2 is 2.30 bits per heavy atom. The van der Waals surface area contributed by atoms with Crippen LogP contribution in [0.4, 0.5) is 4.79 Å². The predicted molar refractivity (Wildman–Crippen MR) is 37.1 cm³/mol. The Morgan fingerprint density at radius 3 is 2.80 bits per heavy atom. The molecule has 4 nitrogen and oxygen atoms in total. The van der Waals surface area contributed by atoms with Gasteiger partial charge >= 0.3 is 12.4 Å². The minimum atomic E-state index is -0.483. The zero-order valence-electron chi connectivity index (χ0n) is 5.94. The Bertz CT molecular complexity index is 114. The summed E-state index contributed by atoms with van der Waals surface area (Å²) in [6, 6.07) is -0.483. The van der Waals surface area contributed by atoms with E-state index < -0.39 is 6.03 Å². The number of nitrogens with one attached hydrogen (secondary N) is 2. The number of rotatable bonds is 4. The number of imide groups is 1. The Balaban J connectivity index is 3.13. The highest BCUT2D eigenvalue weighted by Crippen LogP contribution is 1.81. The lowest BCUT2D eigenvalue weighted by molar-refractivity contribution is 0.245. The van der Waals surface area contributed by atoms with Gasteiger partial charge in [-0.15, -0.1) is 0 Å². The number of hydrogen-bond acceptors (Lipinski definition) is 2. The summed E-state index contributed by atoms with van der Waals surface area (Å²) >= 11 is 0. The van der Waals surface area contributed by atoms with Crippen molar-refractivity contribution in [2.75, 3.05) is 6.54 Å². The van der Waals surface area contributed by atoms with Crippen LogP contribution in [0.2, 0.25) is 0 Å². The number of carbonyl (C=O) groups excluding carboxylic acids is 2. The first-order valence-corrected chi connectivity index (χ1v) is 3.22. The SMILES string of the molecule is CCCCNC(=O)N[C]=O. The van der Waals surface area contributed by atoms with Crippen molar-refractivity contribution in [3.63, 3.8) is 0 Å². The molecule has 0 aliphatic heterocycles. The standard InChI is InChI=1S/C6H11N2O2/c1-2-3-4-7-6(10)8-5-9/h2-4H2,1H3,(H2,7,8,9,10). The van der Waals surface area contributed by atoms with Crippen LogP contribution >= 0.6 is 0 Å². The molecule has 0 aromatic carbocycles. The Morgan fingerprint density at radius 1 is 1.60 bits per heavy atom. The number of carbonyl (C=O) groups is 1. The topological polar surface area (TPSA) is 58.2 Å². The summed E-state index contributed by atoms with van der Waals surface area (Å²) in [7, 11) is 0. The highest BCUT2D eigenvalue weighted by atomic mass is 16.2. The van der Waals surface area contributed by atoms with E-state index in [0.717, 1.165) is 12.8 Å². The van der Waals surface area contributed by atoms with Crippen molar-refractivity contribution in [1.29, 1.82) is 0 Å². The van der Waals surface area contributed by atoms with E-state index in [9.17, 15) is 9.59 Å². The third kappa shape index (κ3) is 5.08. The lowest BCUT2D eigenvalue weighted by Gasteiger charge is -1.99. The highest BCUT2D eigenvalue weighted by Gasteiger charge is 1.94. The lowest BCUT2D eigenvalue weighted by atomic mass is 10.3. The van der Waals surface area contributed by atoms with Gasteiger partial charge in [0.1, 0.15) is 0 Å². The molecule has 0 rings (SSSR count). The van der Waals surface area contributed by atoms with Gasteiger partial charge in [0.05, 0.1) is 0 Å². The summed E-state index contributed by atoms with van der Waals surface area (Å²) in [5.74, 6) is 0. The van der Waals surface area contributed by atoms with Crippen LogP contribution in [-0.4, -0.2) is 19.0 Å². The monoisotopic (exact) mass is 143 g/mol. The van der Waals surface area contributed by atoms with Crippen molar-refractivity contribution < 1.29 is 9.59 Å². The minimum absolute atomic E-state index is 0.483. The van der Waals surface area contributed by atoms with Gasteiger partial charge in [-0.25, -0.2) is 4.79 Å².